The first kappa shape index (κ1) is 23.8. The van der Waals surface area contributed by atoms with Crippen LogP contribution in [0.5, 0.6) is 11.5 Å². The van der Waals surface area contributed by atoms with Gasteiger partial charge in [-0.1, -0.05) is 26.0 Å². The predicted octanol–water partition coefficient (Wildman–Crippen LogP) is 2.92. The summed E-state index contributed by atoms with van der Waals surface area (Å²) in [7, 11) is 3.15. The number of nitrogens with zero attached hydrogens (tertiary/aromatic N) is 3. The molecule has 1 aromatic carbocycles. The molecule has 1 amide bonds. The lowest BCUT2D eigenvalue weighted by Gasteiger charge is -2.12. The number of methoxy groups -OCH3 is 2. The van der Waals surface area contributed by atoms with Crippen molar-refractivity contribution in [2.45, 2.75) is 26.2 Å². The highest BCUT2D eigenvalue weighted by molar-refractivity contribution is 5.92. The highest BCUT2D eigenvalue weighted by Crippen LogP contribution is 2.27. The molecule has 0 saturated heterocycles. The predicted molar refractivity (Wildman–Crippen MR) is 122 cm³/mol. The van der Waals surface area contributed by atoms with Crippen LogP contribution in [-0.2, 0) is 16.0 Å². The van der Waals surface area contributed by atoms with Crippen molar-refractivity contribution in [1.29, 1.82) is 0 Å². The van der Waals surface area contributed by atoms with E-state index in [1.807, 2.05) is 38.1 Å². The molecule has 0 radical (unpaired) electrons. The van der Waals surface area contributed by atoms with E-state index < -0.39 is 5.97 Å². The van der Waals surface area contributed by atoms with Crippen molar-refractivity contribution in [3.8, 4) is 17.3 Å². The first-order valence-corrected chi connectivity index (χ1v) is 10.6. The van der Waals surface area contributed by atoms with E-state index in [2.05, 4.69) is 15.4 Å². The van der Waals surface area contributed by atoms with Crippen molar-refractivity contribution >= 4 is 11.9 Å². The Morgan fingerprint density at radius 2 is 1.88 bits per heavy atom. The molecule has 0 aliphatic heterocycles. The fraction of sp³-hybridized carbons (Fsp3) is 0.333. The van der Waals surface area contributed by atoms with Crippen molar-refractivity contribution in [1.82, 2.24) is 20.1 Å². The standard InChI is InChI=1S/C24H28N4O5/c1-16(2)23-18(14-27-28(23)21-7-5-6-11-25-21)24(30)33-15-22(29)26-12-10-17-8-9-19(31-3)20(13-17)32-4/h5-9,11,13-14,16H,10,12,15H2,1-4H3,(H,26,29). The lowest BCUT2D eigenvalue weighted by molar-refractivity contribution is -0.124. The Hall–Kier alpha value is -3.88. The number of pyridine rings is 1. The topological polar surface area (TPSA) is 105 Å². The van der Waals surface area contributed by atoms with E-state index in [1.54, 1.807) is 37.2 Å². The van der Waals surface area contributed by atoms with Gasteiger partial charge < -0.3 is 19.5 Å². The van der Waals surface area contributed by atoms with Gasteiger partial charge in [0.1, 0.15) is 5.56 Å². The number of benzene rings is 1. The van der Waals surface area contributed by atoms with Crippen LogP contribution in [0, 0.1) is 0 Å². The molecule has 2 aromatic heterocycles. The van der Waals surface area contributed by atoms with Crippen LogP contribution in [0.25, 0.3) is 5.82 Å². The van der Waals surface area contributed by atoms with Crippen LogP contribution in [0.1, 0.15) is 41.4 Å². The second-order valence-electron chi connectivity index (χ2n) is 7.56. The zero-order valence-corrected chi connectivity index (χ0v) is 19.2. The summed E-state index contributed by atoms with van der Waals surface area (Å²) in [6.45, 7) is 3.92. The van der Waals surface area contributed by atoms with Crippen molar-refractivity contribution in [2.75, 3.05) is 27.4 Å². The van der Waals surface area contributed by atoms with Crippen LogP contribution in [0.2, 0.25) is 0 Å². The molecule has 174 valence electrons. The van der Waals surface area contributed by atoms with Crippen molar-refractivity contribution in [3.63, 3.8) is 0 Å². The minimum Gasteiger partial charge on any atom is -0.493 e. The zero-order chi connectivity index (χ0) is 23.8. The molecule has 0 fully saturated rings. The number of hydrogen-bond donors (Lipinski definition) is 1. The molecule has 0 atom stereocenters. The number of amides is 1. The van der Waals surface area contributed by atoms with Crippen molar-refractivity contribution < 1.29 is 23.8 Å². The summed E-state index contributed by atoms with van der Waals surface area (Å²) in [6.07, 6.45) is 3.70. The van der Waals surface area contributed by atoms with Crippen LogP contribution in [0.15, 0.2) is 48.8 Å². The summed E-state index contributed by atoms with van der Waals surface area (Å²) in [5, 5.41) is 7.05. The second-order valence-corrected chi connectivity index (χ2v) is 7.56. The van der Waals surface area contributed by atoms with E-state index in [4.69, 9.17) is 14.2 Å². The molecule has 0 aliphatic rings. The third kappa shape index (κ3) is 5.88. The van der Waals surface area contributed by atoms with E-state index in [0.29, 0.717) is 41.5 Å². The van der Waals surface area contributed by atoms with Gasteiger partial charge in [0.05, 0.1) is 26.1 Å². The summed E-state index contributed by atoms with van der Waals surface area (Å²) in [5.41, 5.74) is 1.97. The Balaban J connectivity index is 1.55. The van der Waals surface area contributed by atoms with Gasteiger partial charge in [0.2, 0.25) is 0 Å². The van der Waals surface area contributed by atoms with E-state index >= 15 is 0 Å². The number of ether oxygens (including phenoxy) is 3. The van der Waals surface area contributed by atoms with Gasteiger partial charge in [-0.25, -0.2) is 14.5 Å². The maximum Gasteiger partial charge on any atom is 0.342 e. The maximum absolute atomic E-state index is 12.6. The summed E-state index contributed by atoms with van der Waals surface area (Å²) in [6, 6.07) is 11.0. The molecule has 2 heterocycles. The van der Waals surface area contributed by atoms with Crippen LogP contribution in [0.4, 0.5) is 0 Å². The monoisotopic (exact) mass is 452 g/mol. The second kappa shape index (κ2) is 11.1. The number of hydrogen-bond acceptors (Lipinski definition) is 7. The number of esters is 1. The lowest BCUT2D eigenvalue weighted by atomic mass is 10.1. The Kier molecular flexibility index (Phi) is 8.01. The molecular formula is C24H28N4O5. The van der Waals surface area contributed by atoms with E-state index in [1.165, 1.54) is 6.20 Å². The van der Waals surface area contributed by atoms with Crippen LogP contribution in [0.3, 0.4) is 0 Å². The zero-order valence-electron chi connectivity index (χ0n) is 19.2. The van der Waals surface area contributed by atoms with Crippen molar-refractivity contribution in [2.24, 2.45) is 0 Å². The van der Waals surface area contributed by atoms with E-state index in [-0.39, 0.29) is 18.4 Å². The minimum atomic E-state index is -0.601. The molecule has 9 heteroatoms. The molecule has 33 heavy (non-hydrogen) atoms. The fourth-order valence-electron chi connectivity index (χ4n) is 3.37. The van der Waals surface area contributed by atoms with Crippen LogP contribution < -0.4 is 14.8 Å². The molecule has 0 aliphatic carbocycles. The molecule has 0 spiro atoms. The highest BCUT2D eigenvalue weighted by atomic mass is 16.5. The minimum absolute atomic E-state index is 0.00706. The molecule has 3 rings (SSSR count). The summed E-state index contributed by atoms with van der Waals surface area (Å²) >= 11 is 0. The van der Waals surface area contributed by atoms with E-state index in [9.17, 15) is 9.59 Å². The van der Waals surface area contributed by atoms with Gasteiger partial charge in [-0.05, 0) is 42.2 Å². The lowest BCUT2D eigenvalue weighted by Crippen LogP contribution is -2.30. The number of rotatable bonds is 10. The van der Waals surface area contributed by atoms with Gasteiger partial charge >= 0.3 is 5.97 Å². The average molecular weight is 453 g/mol. The van der Waals surface area contributed by atoms with Gasteiger partial charge in [0.25, 0.3) is 5.91 Å². The fourth-order valence-corrected chi connectivity index (χ4v) is 3.37. The smallest absolute Gasteiger partial charge is 0.342 e. The molecular weight excluding hydrogens is 424 g/mol. The van der Waals surface area contributed by atoms with Crippen LogP contribution in [-0.4, -0.2) is 54.0 Å². The molecule has 3 aromatic rings. The van der Waals surface area contributed by atoms with Crippen molar-refractivity contribution in [3.05, 3.63) is 65.6 Å². The van der Waals surface area contributed by atoms with Gasteiger partial charge in [-0.3, -0.25) is 4.79 Å². The summed E-state index contributed by atoms with van der Waals surface area (Å²) in [5.74, 6) is 0.885. The largest absolute Gasteiger partial charge is 0.493 e. The molecule has 0 bridgehead atoms. The number of aromatic nitrogens is 3. The number of carbonyl (C=O) groups is 2. The third-order valence-electron chi connectivity index (χ3n) is 4.96. The van der Waals surface area contributed by atoms with Gasteiger partial charge in [-0.15, -0.1) is 0 Å². The third-order valence-corrected chi connectivity index (χ3v) is 4.96. The SMILES string of the molecule is COc1ccc(CCNC(=O)COC(=O)c2cnn(-c3ccccn3)c2C(C)C)cc1OC. The van der Waals surface area contributed by atoms with Gasteiger partial charge in [-0.2, -0.15) is 5.10 Å². The number of nitrogens with one attached hydrogen (secondary N) is 1. The maximum atomic E-state index is 12.6. The Morgan fingerprint density at radius 3 is 2.55 bits per heavy atom. The Morgan fingerprint density at radius 1 is 1.09 bits per heavy atom. The normalized spacial score (nSPS) is 10.7. The number of carbonyl (C=O) groups excluding carboxylic acids is 2. The molecule has 0 unspecified atom stereocenters. The van der Waals surface area contributed by atoms with Gasteiger partial charge in [0, 0.05) is 12.7 Å². The van der Waals surface area contributed by atoms with E-state index in [0.717, 1.165) is 5.56 Å². The quantitative estimate of drug-likeness (QED) is 0.472. The summed E-state index contributed by atoms with van der Waals surface area (Å²) < 4.78 is 17.4. The van der Waals surface area contributed by atoms with Crippen LogP contribution >= 0.6 is 0 Å². The first-order chi connectivity index (χ1) is 15.9. The molecule has 0 saturated carbocycles. The highest BCUT2D eigenvalue weighted by Gasteiger charge is 2.23. The molecule has 9 nitrogen and oxygen atoms in total. The Bertz CT molecular complexity index is 1100. The summed E-state index contributed by atoms with van der Waals surface area (Å²) in [4.78, 5) is 29.1. The van der Waals surface area contributed by atoms with Gasteiger partial charge in [0.15, 0.2) is 23.9 Å². The first-order valence-electron chi connectivity index (χ1n) is 10.6. The Labute approximate surface area is 192 Å². The average Bonchev–Trinajstić information content (AvgIpc) is 3.28. The molecule has 1 N–H and O–H groups in total.